The van der Waals surface area contributed by atoms with Crippen molar-refractivity contribution in [3.63, 3.8) is 0 Å². The lowest BCUT2D eigenvalue weighted by atomic mass is 9.94. The Balaban J connectivity index is 1.08. The molecule has 5 rings (SSSR count). The van der Waals surface area contributed by atoms with Crippen LogP contribution in [-0.2, 0) is 11.3 Å². The first-order valence-electron chi connectivity index (χ1n) is 12.3. The van der Waals surface area contributed by atoms with Gasteiger partial charge in [0.2, 0.25) is 0 Å². The number of nitrogens with zero attached hydrogens (tertiary/aromatic N) is 1. The third kappa shape index (κ3) is 5.74. The van der Waals surface area contributed by atoms with Gasteiger partial charge in [-0.25, -0.2) is 4.79 Å². The topological polar surface area (TPSA) is 81.3 Å². The third-order valence-electron chi connectivity index (χ3n) is 6.54. The van der Waals surface area contributed by atoms with Crippen molar-refractivity contribution in [1.29, 1.82) is 0 Å². The number of hydrogen-bond acceptors (Lipinski definition) is 6. The van der Waals surface area contributed by atoms with Gasteiger partial charge in [-0.05, 0) is 42.7 Å². The van der Waals surface area contributed by atoms with Crippen LogP contribution in [-0.4, -0.2) is 56.2 Å². The number of hydrogen-bond donors (Lipinski definition) is 2. The molecule has 2 aromatic carbocycles. The van der Waals surface area contributed by atoms with E-state index in [2.05, 4.69) is 15.5 Å². The van der Waals surface area contributed by atoms with Crippen LogP contribution < -0.4 is 24.8 Å². The zero-order valence-electron chi connectivity index (χ0n) is 19.5. The number of benzene rings is 2. The van der Waals surface area contributed by atoms with Crippen LogP contribution in [0.25, 0.3) is 0 Å². The van der Waals surface area contributed by atoms with Gasteiger partial charge in [0.25, 0.3) is 5.79 Å². The second-order valence-electron chi connectivity index (χ2n) is 9.09. The van der Waals surface area contributed by atoms with Crippen molar-refractivity contribution in [3.8, 4) is 17.2 Å². The van der Waals surface area contributed by atoms with E-state index < -0.39 is 5.79 Å². The summed E-state index contributed by atoms with van der Waals surface area (Å²) in [6, 6.07) is 13.1. The molecule has 2 aliphatic heterocycles. The Morgan fingerprint density at radius 2 is 1.82 bits per heavy atom. The SMILES string of the molecule is O=C(NCc1cccc(OCCN2CCOCC2)c1)Nc1ccc2c(c1)OC1(CCCCC1)O2. The van der Waals surface area contributed by atoms with Crippen LogP contribution in [0.3, 0.4) is 0 Å². The maximum Gasteiger partial charge on any atom is 0.319 e. The third-order valence-corrected chi connectivity index (χ3v) is 6.54. The summed E-state index contributed by atoms with van der Waals surface area (Å²) in [7, 11) is 0. The maximum absolute atomic E-state index is 12.5. The Kier molecular flexibility index (Phi) is 7.06. The number of amides is 2. The van der Waals surface area contributed by atoms with Gasteiger partial charge >= 0.3 is 6.03 Å². The Hall–Kier alpha value is -2.97. The van der Waals surface area contributed by atoms with E-state index in [0.29, 0.717) is 24.6 Å². The minimum absolute atomic E-state index is 0.273. The average Bonchev–Trinajstić information content (AvgIpc) is 3.20. The number of anilines is 1. The molecule has 2 heterocycles. The van der Waals surface area contributed by atoms with Crippen molar-refractivity contribution in [2.45, 2.75) is 44.4 Å². The van der Waals surface area contributed by atoms with Gasteiger partial charge < -0.3 is 29.6 Å². The van der Waals surface area contributed by atoms with Crippen molar-refractivity contribution in [2.75, 3.05) is 44.8 Å². The molecule has 1 aliphatic carbocycles. The number of nitrogens with one attached hydrogen (secondary N) is 2. The molecule has 1 saturated carbocycles. The summed E-state index contributed by atoms with van der Waals surface area (Å²) in [6.45, 7) is 5.39. The number of carbonyl (C=O) groups excluding carboxylic acids is 1. The standard InChI is InChI=1S/C26H33N3O5/c30-25(28-21-7-8-23-24(18-21)34-26(33-23)9-2-1-3-10-26)27-19-20-5-4-6-22(17-20)32-16-13-29-11-14-31-15-12-29/h4-8,17-18H,1-3,9-16,19H2,(H2,27,28,30). The highest BCUT2D eigenvalue weighted by Crippen LogP contribution is 2.46. The van der Waals surface area contributed by atoms with Gasteiger partial charge in [0.05, 0.1) is 13.2 Å². The molecule has 2 fully saturated rings. The molecule has 0 atom stereocenters. The van der Waals surface area contributed by atoms with Gasteiger partial charge in [0.1, 0.15) is 12.4 Å². The Morgan fingerprint density at radius 3 is 2.68 bits per heavy atom. The van der Waals surface area contributed by atoms with Crippen molar-refractivity contribution >= 4 is 11.7 Å². The van der Waals surface area contributed by atoms with Crippen molar-refractivity contribution in [3.05, 3.63) is 48.0 Å². The molecule has 8 nitrogen and oxygen atoms in total. The van der Waals surface area contributed by atoms with Crippen LogP contribution in [0, 0.1) is 0 Å². The molecule has 1 spiro atoms. The molecule has 182 valence electrons. The average molecular weight is 468 g/mol. The van der Waals surface area contributed by atoms with E-state index in [1.54, 1.807) is 0 Å². The largest absolute Gasteiger partial charge is 0.492 e. The zero-order chi connectivity index (χ0) is 23.2. The number of morpholine rings is 1. The monoisotopic (exact) mass is 467 g/mol. The smallest absolute Gasteiger partial charge is 0.319 e. The summed E-state index contributed by atoms with van der Waals surface area (Å²) in [6.07, 6.45) is 5.26. The second-order valence-corrected chi connectivity index (χ2v) is 9.09. The molecular formula is C26H33N3O5. The van der Waals surface area contributed by atoms with E-state index in [4.69, 9.17) is 18.9 Å². The van der Waals surface area contributed by atoms with E-state index in [9.17, 15) is 4.79 Å². The number of rotatable bonds is 7. The summed E-state index contributed by atoms with van der Waals surface area (Å²) in [5.74, 6) is 1.73. The summed E-state index contributed by atoms with van der Waals surface area (Å²) in [5, 5.41) is 5.79. The van der Waals surface area contributed by atoms with Crippen LogP contribution in [0.4, 0.5) is 10.5 Å². The van der Waals surface area contributed by atoms with Crippen molar-refractivity contribution in [2.24, 2.45) is 0 Å². The predicted molar refractivity (Wildman–Crippen MR) is 129 cm³/mol. The van der Waals surface area contributed by atoms with E-state index in [-0.39, 0.29) is 6.03 Å². The highest BCUT2D eigenvalue weighted by atomic mass is 16.7. The molecule has 34 heavy (non-hydrogen) atoms. The van der Waals surface area contributed by atoms with Gasteiger partial charge in [0, 0.05) is 50.8 Å². The van der Waals surface area contributed by atoms with Crippen LogP contribution in [0.15, 0.2) is 42.5 Å². The number of urea groups is 1. The fourth-order valence-electron chi connectivity index (χ4n) is 4.69. The van der Waals surface area contributed by atoms with Crippen LogP contribution in [0.5, 0.6) is 17.2 Å². The maximum atomic E-state index is 12.5. The first-order valence-corrected chi connectivity index (χ1v) is 12.3. The van der Waals surface area contributed by atoms with E-state index in [0.717, 1.165) is 75.6 Å². The van der Waals surface area contributed by atoms with Gasteiger partial charge in [-0.15, -0.1) is 0 Å². The molecule has 0 radical (unpaired) electrons. The van der Waals surface area contributed by atoms with E-state index >= 15 is 0 Å². The fourth-order valence-corrected chi connectivity index (χ4v) is 4.69. The molecule has 0 aromatic heterocycles. The van der Waals surface area contributed by atoms with Crippen molar-refractivity contribution < 1.29 is 23.7 Å². The van der Waals surface area contributed by atoms with Crippen LogP contribution in [0.2, 0.25) is 0 Å². The minimum Gasteiger partial charge on any atom is -0.492 e. The van der Waals surface area contributed by atoms with Gasteiger partial charge in [-0.1, -0.05) is 18.6 Å². The summed E-state index contributed by atoms with van der Waals surface area (Å²) in [4.78, 5) is 14.8. The molecule has 2 amide bonds. The highest BCUT2D eigenvalue weighted by Gasteiger charge is 2.42. The molecule has 2 aromatic rings. The number of carbonyl (C=O) groups is 1. The Labute approximate surface area is 200 Å². The van der Waals surface area contributed by atoms with E-state index in [1.807, 2.05) is 42.5 Å². The van der Waals surface area contributed by atoms with Crippen molar-refractivity contribution in [1.82, 2.24) is 10.2 Å². The van der Waals surface area contributed by atoms with Gasteiger partial charge in [0.15, 0.2) is 11.5 Å². The minimum atomic E-state index is -0.517. The summed E-state index contributed by atoms with van der Waals surface area (Å²) < 4.78 is 23.5. The molecule has 1 saturated heterocycles. The summed E-state index contributed by atoms with van der Waals surface area (Å²) in [5.41, 5.74) is 1.65. The number of fused-ring (bicyclic) bond motifs is 1. The van der Waals surface area contributed by atoms with E-state index in [1.165, 1.54) is 6.42 Å². The first-order chi connectivity index (χ1) is 16.7. The zero-order valence-corrected chi connectivity index (χ0v) is 19.5. The normalized spacial score (nSPS) is 19.1. The lowest BCUT2D eigenvalue weighted by Crippen LogP contribution is -2.40. The lowest BCUT2D eigenvalue weighted by Gasteiger charge is -2.31. The Morgan fingerprint density at radius 1 is 1.00 bits per heavy atom. The fraction of sp³-hybridized carbons (Fsp3) is 0.500. The quantitative estimate of drug-likeness (QED) is 0.637. The molecular weight excluding hydrogens is 434 g/mol. The number of ether oxygens (including phenoxy) is 4. The Bertz CT molecular complexity index is 986. The molecule has 3 aliphatic rings. The lowest BCUT2D eigenvalue weighted by molar-refractivity contribution is -0.105. The highest BCUT2D eigenvalue weighted by molar-refractivity contribution is 5.89. The molecule has 0 unspecified atom stereocenters. The van der Waals surface area contributed by atoms with Gasteiger partial charge in [-0.3, -0.25) is 4.90 Å². The summed E-state index contributed by atoms with van der Waals surface area (Å²) >= 11 is 0. The molecule has 8 heteroatoms. The van der Waals surface area contributed by atoms with Crippen LogP contribution in [0.1, 0.15) is 37.7 Å². The molecule has 0 bridgehead atoms. The first kappa shape index (κ1) is 22.8. The van der Waals surface area contributed by atoms with Crippen LogP contribution >= 0.6 is 0 Å². The molecule has 2 N–H and O–H groups in total. The van der Waals surface area contributed by atoms with Gasteiger partial charge in [-0.2, -0.15) is 0 Å². The predicted octanol–water partition coefficient (Wildman–Crippen LogP) is 4.15. The second kappa shape index (κ2) is 10.5.